The first-order valence-electron chi connectivity index (χ1n) is 6.14. The Hall–Kier alpha value is -1.23. The Labute approximate surface area is 117 Å². The zero-order valence-electron chi connectivity index (χ0n) is 11.1. The first kappa shape index (κ1) is 16.8. The van der Waals surface area contributed by atoms with E-state index in [1.807, 2.05) is 0 Å². The van der Waals surface area contributed by atoms with E-state index in [0.29, 0.717) is 12.8 Å². The Balaban J connectivity index is 2.56. The number of hydrogen-bond donors (Lipinski definition) is 2. The van der Waals surface area contributed by atoms with Gasteiger partial charge in [-0.25, -0.2) is 4.79 Å². The molecule has 2 N–H and O–H groups in total. The van der Waals surface area contributed by atoms with Crippen LogP contribution in [-0.4, -0.2) is 56.1 Å². The molecule has 0 aromatic heterocycles. The number of aliphatic carboxylic acids is 1. The second-order valence-corrected chi connectivity index (χ2v) is 5.85. The van der Waals surface area contributed by atoms with Gasteiger partial charge in [-0.2, -0.15) is 12.7 Å². The molecule has 0 bridgehead atoms. The second-order valence-electron chi connectivity index (χ2n) is 4.22. The molecular weight excluding hydrogens is 292 g/mol. The summed E-state index contributed by atoms with van der Waals surface area (Å²) in [7, 11) is -3.97. The topological polar surface area (TPSA) is 122 Å². The smallest absolute Gasteiger partial charge is 0.331 e. The molecular formula is C10H18N2O7S. The molecule has 1 heterocycles. The van der Waals surface area contributed by atoms with Crippen molar-refractivity contribution in [2.75, 3.05) is 26.3 Å². The van der Waals surface area contributed by atoms with Gasteiger partial charge in [0.25, 0.3) is 0 Å². The summed E-state index contributed by atoms with van der Waals surface area (Å²) in [6, 6.07) is 0. The van der Waals surface area contributed by atoms with E-state index in [1.54, 1.807) is 11.8 Å². The number of carboxylic acid groups (broad SMARTS) is 1. The molecule has 0 aromatic rings. The van der Waals surface area contributed by atoms with Gasteiger partial charge in [0.1, 0.15) is 0 Å². The standard InChI is InChI=1S/C10H18N2O7S/c1-2-18-10(15)8-4-3-5-12(6-8)20(16,17)11-19-7-9(13)14/h8,11H,2-7H2,1H3,(H,13,14). The first-order valence-corrected chi connectivity index (χ1v) is 7.58. The van der Waals surface area contributed by atoms with Crippen LogP contribution in [-0.2, 0) is 29.4 Å². The van der Waals surface area contributed by atoms with Gasteiger partial charge in [-0.15, -0.1) is 0 Å². The number of piperidine rings is 1. The molecule has 1 saturated heterocycles. The molecule has 116 valence electrons. The number of carbonyl (C=O) groups is 2. The predicted octanol–water partition coefficient (Wildman–Crippen LogP) is -0.888. The quantitative estimate of drug-likeness (QED) is 0.462. The van der Waals surface area contributed by atoms with Crippen LogP contribution in [0, 0.1) is 5.92 Å². The summed E-state index contributed by atoms with van der Waals surface area (Å²) < 4.78 is 29.6. The van der Waals surface area contributed by atoms with Crippen molar-refractivity contribution in [3.8, 4) is 0 Å². The summed E-state index contributed by atoms with van der Waals surface area (Å²) in [6.07, 6.45) is 1.07. The molecule has 1 fully saturated rings. The minimum absolute atomic E-state index is 0.00933. The van der Waals surface area contributed by atoms with Crippen LogP contribution in [0.25, 0.3) is 0 Å². The van der Waals surface area contributed by atoms with Crippen molar-refractivity contribution in [2.24, 2.45) is 5.92 Å². The van der Waals surface area contributed by atoms with Gasteiger partial charge < -0.3 is 9.84 Å². The Kier molecular flexibility index (Phi) is 6.33. The number of carboxylic acids is 1. The Morgan fingerprint density at radius 3 is 2.75 bits per heavy atom. The molecule has 1 atom stereocenters. The molecule has 0 spiro atoms. The van der Waals surface area contributed by atoms with Crippen molar-refractivity contribution in [1.29, 1.82) is 0 Å². The van der Waals surface area contributed by atoms with Gasteiger partial charge in [0.05, 0.1) is 12.5 Å². The summed E-state index contributed by atoms with van der Waals surface area (Å²) in [5, 5.41) is 8.36. The highest BCUT2D eigenvalue weighted by atomic mass is 32.2. The SMILES string of the molecule is CCOC(=O)C1CCCN(S(=O)(=O)NOCC(=O)O)C1. The van der Waals surface area contributed by atoms with Gasteiger partial charge in [0.2, 0.25) is 0 Å². The third-order valence-electron chi connectivity index (χ3n) is 2.70. The summed E-state index contributed by atoms with van der Waals surface area (Å²) in [5.41, 5.74) is 0. The minimum Gasteiger partial charge on any atom is -0.479 e. The van der Waals surface area contributed by atoms with E-state index in [0.717, 1.165) is 4.31 Å². The number of rotatable bonds is 7. The van der Waals surface area contributed by atoms with Gasteiger partial charge in [-0.05, 0) is 19.8 Å². The van der Waals surface area contributed by atoms with Crippen LogP contribution in [0.2, 0.25) is 0 Å². The van der Waals surface area contributed by atoms with Crippen LogP contribution >= 0.6 is 0 Å². The molecule has 1 aliphatic heterocycles. The lowest BCUT2D eigenvalue weighted by atomic mass is 10.0. The largest absolute Gasteiger partial charge is 0.479 e. The average Bonchev–Trinajstić information content (AvgIpc) is 2.38. The van der Waals surface area contributed by atoms with Crippen molar-refractivity contribution >= 4 is 22.1 Å². The normalized spacial score (nSPS) is 20.6. The molecule has 0 aliphatic carbocycles. The molecule has 10 heteroatoms. The van der Waals surface area contributed by atoms with Crippen molar-refractivity contribution in [3.05, 3.63) is 0 Å². The van der Waals surface area contributed by atoms with E-state index in [4.69, 9.17) is 9.84 Å². The molecule has 0 saturated carbocycles. The average molecular weight is 310 g/mol. The fourth-order valence-corrected chi connectivity index (χ4v) is 2.89. The molecule has 9 nitrogen and oxygen atoms in total. The van der Waals surface area contributed by atoms with E-state index in [9.17, 15) is 18.0 Å². The van der Waals surface area contributed by atoms with E-state index in [1.165, 1.54) is 0 Å². The monoisotopic (exact) mass is 310 g/mol. The van der Waals surface area contributed by atoms with Gasteiger partial charge >= 0.3 is 22.1 Å². The predicted molar refractivity (Wildman–Crippen MR) is 66.6 cm³/mol. The number of hydrogen-bond acceptors (Lipinski definition) is 6. The van der Waals surface area contributed by atoms with Crippen molar-refractivity contribution in [3.63, 3.8) is 0 Å². The van der Waals surface area contributed by atoms with E-state index >= 15 is 0 Å². The molecule has 0 radical (unpaired) electrons. The van der Waals surface area contributed by atoms with Crippen molar-refractivity contribution < 1.29 is 32.7 Å². The molecule has 20 heavy (non-hydrogen) atoms. The zero-order chi connectivity index (χ0) is 15.2. The molecule has 1 aliphatic rings. The molecule has 0 aromatic carbocycles. The summed E-state index contributed by atoms with van der Waals surface area (Å²) in [4.78, 5) is 27.9. The minimum atomic E-state index is -3.97. The summed E-state index contributed by atoms with van der Waals surface area (Å²) in [6.45, 7) is 1.36. The van der Waals surface area contributed by atoms with Gasteiger partial charge in [-0.1, -0.05) is 4.89 Å². The van der Waals surface area contributed by atoms with Crippen LogP contribution in [0.1, 0.15) is 19.8 Å². The third kappa shape index (κ3) is 5.04. The highest BCUT2D eigenvalue weighted by Gasteiger charge is 2.33. The zero-order valence-corrected chi connectivity index (χ0v) is 11.9. The maximum absolute atomic E-state index is 11.8. The lowest BCUT2D eigenvalue weighted by Gasteiger charge is -2.30. The van der Waals surface area contributed by atoms with Crippen LogP contribution in [0.15, 0.2) is 0 Å². The Morgan fingerprint density at radius 1 is 1.45 bits per heavy atom. The number of nitrogens with one attached hydrogen (secondary N) is 1. The Bertz CT molecular complexity index is 451. The first-order chi connectivity index (χ1) is 9.36. The Morgan fingerprint density at radius 2 is 2.15 bits per heavy atom. The molecule has 1 unspecified atom stereocenters. The van der Waals surface area contributed by atoms with Crippen molar-refractivity contribution in [2.45, 2.75) is 19.8 Å². The van der Waals surface area contributed by atoms with E-state index in [2.05, 4.69) is 4.84 Å². The highest BCUT2D eigenvalue weighted by Crippen LogP contribution is 2.19. The van der Waals surface area contributed by atoms with Gasteiger partial charge in [0, 0.05) is 13.1 Å². The molecule has 1 rings (SSSR count). The van der Waals surface area contributed by atoms with Crippen LogP contribution < -0.4 is 4.89 Å². The fraction of sp³-hybridized carbons (Fsp3) is 0.800. The molecule has 0 amide bonds. The highest BCUT2D eigenvalue weighted by molar-refractivity contribution is 7.87. The third-order valence-corrected chi connectivity index (χ3v) is 4.04. The van der Waals surface area contributed by atoms with Crippen LogP contribution in [0.5, 0.6) is 0 Å². The summed E-state index contributed by atoms with van der Waals surface area (Å²) >= 11 is 0. The number of ether oxygens (including phenoxy) is 1. The number of esters is 1. The van der Waals surface area contributed by atoms with Crippen LogP contribution in [0.3, 0.4) is 0 Å². The maximum atomic E-state index is 11.8. The number of carbonyl (C=O) groups excluding carboxylic acids is 1. The van der Waals surface area contributed by atoms with Gasteiger partial charge in [0.15, 0.2) is 6.61 Å². The fourth-order valence-electron chi connectivity index (χ4n) is 1.83. The van der Waals surface area contributed by atoms with Gasteiger partial charge in [-0.3, -0.25) is 9.63 Å². The lowest BCUT2D eigenvalue weighted by Crippen LogP contribution is -2.47. The number of nitrogens with zero attached hydrogens (tertiary/aromatic N) is 1. The summed E-state index contributed by atoms with van der Waals surface area (Å²) in [5.74, 6) is -2.24. The van der Waals surface area contributed by atoms with Crippen molar-refractivity contribution in [1.82, 2.24) is 9.19 Å². The van der Waals surface area contributed by atoms with Crippen LogP contribution in [0.4, 0.5) is 0 Å². The van der Waals surface area contributed by atoms with E-state index in [-0.39, 0.29) is 19.7 Å². The lowest BCUT2D eigenvalue weighted by molar-refractivity contribution is -0.149. The second kappa shape index (κ2) is 7.53. The maximum Gasteiger partial charge on any atom is 0.331 e. The van der Waals surface area contributed by atoms with E-state index < -0.39 is 34.7 Å².